The number of ether oxygens (including phenoxy) is 1. The van der Waals surface area contributed by atoms with Gasteiger partial charge in [0, 0.05) is 62.8 Å². The van der Waals surface area contributed by atoms with Gasteiger partial charge in [-0.1, -0.05) is 6.58 Å². The van der Waals surface area contributed by atoms with E-state index < -0.39 is 0 Å². The molecule has 0 aliphatic carbocycles. The van der Waals surface area contributed by atoms with E-state index in [1.54, 1.807) is 7.11 Å². The minimum Gasteiger partial charge on any atom is -0.494 e. The summed E-state index contributed by atoms with van der Waals surface area (Å²) in [5.74, 6) is 0.690. The zero-order valence-corrected chi connectivity index (χ0v) is 21.3. The Kier molecular flexibility index (Phi) is 7.25. The van der Waals surface area contributed by atoms with Crippen LogP contribution in [0.1, 0.15) is 0 Å². The summed E-state index contributed by atoms with van der Waals surface area (Å²) in [7, 11) is 9.60. The number of nitrogens with zero attached hydrogens (tertiary/aromatic N) is 5. The van der Waals surface area contributed by atoms with Crippen molar-refractivity contribution in [3.8, 4) is 17.0 Å². The van der Waals surface area contributed by atoms with Crippen LogP contribution >= 0.6 is 0 Å². The van der Waals surface area contributed by atoms with Crippen molar-refractivity contribution in [1.82, 2.24) is 24.4 Å². The molecule has 0 bridgehead atoms. The summed E-state index contributed by atoms with van der Waals surface area (Å²) in [5.41, 5.74) is 4.56. The van der Waals surface area contributed by atoms with Crippen molar-refractivity contribution < 1.29 is 9.53 Å². The highest BCUT2D eigenvalue weighted by Gasteiger charge is 2.18. The number of benzene rings is 1. The monoisotopic (exact) mass is 488 g/mol. The van der Waals surface area contributed by atoms with Crippen molar-refractivity contribution in [2.45, 2.75) is 0 Å². The Balaban J connectivity index is 1.76. The molecule has 0 saturated heterocycles. The normalized spacial score (nSPS) is 11.1. The first-order valence-corrected chi connectivity index (χ1v) is 11.5. The lowest BCUT2D eigenvalue weighted by molar-refractivity contribution is -0.111. The number of aromatic nitrogens is 4. The van der Waals surface area contributed by atoms with Crippen LogP contribution in [0.25, 0.3) is 22.3 Å². The molecule has 188 valence electrons. The average Bonchev–Trinajstić information content (AvgIpc) is 3.51. The van der Waals surface area contributed by atoms with Gasteiger partial charge in [-0.05, 0) is 38.4 Å². The number of likely N-dealkylation sites (N-methyl/N-ethyl adjacent to an activating group) is 2. The number of aryl methyl sites for hydroxylation is 1. The fourth-order valence-electron chi connectivity index (χ4n) is 3.89. The summed E-state index contributed by atoms with van der Waals surface area (Å²) in [6, 6.07) is 7.69. The number of anilines is 4. The Morgan fingerprint density at radius 2 is 2.00 bits per heavy atom. The van der Waals surface area contributed by atoms with Crippen LogP contribution in [0.4, 0.5) is 23.0 Å². The van der Waals surface area contributed by atoms with Crippen LogP contribution in [-0.4, -0.2) is 71.7 Å². The molecule has 10 nitrogen and oxygen atoms in total. The van der Waals surface area contributed by atoms with Gasteiger partial charge in [0.15, 0.2) is 0 Å². The number of carbonyl (C=O) groups is 1. The quantitative estimate of drug-likeness (QED) is 0.292. The molecular formula is C26H32N8O2. The van der Waals surface area contributed by atoms with Crippen LogP contribution in [0.15, 0.2) is 55.5 Å². The fraction of sp³-hybridized carbons (Fsp3) is 0.269. The number of hydrogen-bond acceptors (Lipinski definition) is 7. The van der Waals surface area contributed by atoms with Crippen LogP contribution in [0.2, 0.25) is 0 Å². The van der Waals surface area contributed by atoms with Gasteiger partial charge in [-0.3, -0.25) is 4.79 Å². The van der Waals surface area contributed by atoms with Gasteiger partial charge in [0.25, 0.3) is 0 Å². The van der Waals surface area contributed by atoms with Gasteiger partial charge in [-0.2, -0.15) is 4.98 Å². The molecule has 4 rings (SSSR count). The molecule has 0 aliphatic heterocycles. The molecule has 1 aromatic carbocycles. The highest BCUT2D eigenvalue weighted by molar-refractivity contribution is 6.02. The summed E-state index contributed by atoms with van der Waals surface area (Å²) >= 11 is 0. The number of amides is 1. The third kappa shape index (κ3) is 5.33. The molecule has 4 aromatic rings. The van der Waals surface area contributed by atoms with Crippen molar-refractivity contribution >= 4 is 40.0 Å². The Morgan fingerprint density at radius 1 is 1.19 bits per heavy atom. The lowest BCUT2D eigenvalue weighted by Crippen LogP contribution is -2.29. The van der Waals surface area contributed by atoms with E-state index in [1.807, 2.05) is 75.6 Å². The summed E-state index contributed by atoms with van der Waals surface area (Å²) in [4.78, 5) is 29.0. The molecule has 0 atom stereocenters. The Morgan fingerprint density at radius 3 is 2.67 bits per heavy atom. The highest BCUT2D eigenvalue weighted by Crippen LogP contribution is 2.38. The fourth-order valence-corrected chi connectivity index (χ4v) is 3.89. The van der Waals surface area contributed by atoms with E-state index in [1.165, 1.54) is 6.08 Å². The maximum Gasteiger partial charge on any atom is 0.247 e. The standard InChI is InChI=1S/C26H32N8O2/c1-7-23(35)28-19-14-20(22(36-6)15-21(19)34(5)13-12-32(2)3)29-26-30-24(17-9-11-33(4)16-17)18-8-10-27-25(18)31-26/h7-11,14-16H,1,12-13H2,2-6H3,(H,28,35)(H2,27,29,30,31). The van der Waals surface area contributed by atoms with Crippen molar-refractivity contribution in [3.05, 3.63) is 55.5 Å². The molecule has 3 N–H and O–H groups in total. The van der Waals surface area contributed by atoms with Gasteiger partial charge in [0.05, 0.1) is 29.9 Å². The van der Waals surface area contributed by atoms with Crippen LogP contribution < -0.4 is 20.3 Å². The highest BCUT2D eigenvalue weighted by atomic mass is 16.5. The molecule has 0 saturated carbocycles. The largest absolute Gasteiger partial charge is 0.494 e. The molecule has 0 unspecified atom stereocenters. The lowest BCUT2D eigenvalue weighted by Gasteiger charge is -2.26. The van der Waals surface area contributed by atoms with E-state index in [0.717, 1.165) is 35.4 Å². The van der Waals surface area contributed by atoms with E-state index in [9.17, 15) is 4.79 Å². The second-order valence-corrected chi connectivity index (χ2v) is 8.81. The number of nitrogens with one attached hydrogen (secondary N) is 3. The topological polar surface area (TPSA) is 103 Å². The first kappa shape index (κ1) is 24.8. The maximum absolute atomic E-state index is 12.2. The number of rotatable bonds is 10. The Bertz CT molecular complexity index is 1390. The maximum atomic E-state index is 12.2. The molecule has 0 spiro atoms. The third-order valence-corrected chi connectivity index (χ3v) is 5.82. The average molecular weight is 489 g/mol. The molecule has 3 heterocycles. The Labute approximate surface area is 210 Å². The molecule has 36 heavy (non-hydrogen) atoms. The van der Waals surface area contributed by atoms with Crippen molar-refractivity contribution in [1.29, 1.82) is 0 Å². The van der Waals surface area contributed by atoms with Gasteiger partial charge < -0.3 is 34.7 Å². The molecule has 3 aromatic heterocycles. The summed E-state index contributed by atoms with van der Waals surface area (Å²) < 4.78 is 7.69. The zero-order chi connectivity index (χ0) is 25.8. The first-order chi connectivity index (χ1) is 17.3. The molecule has 0 fully saturated rings. The van der Waals surface area contributed by atoms with Crippen molar-refractivity contribution in [2.75, 3.05) is 56.9 Å². The molecular weight excluding hydrogens is 456 g/mol. The van der Waals surface area contributed by atoms with E-state index in [2.05, 4.69) is 37.0 Å². The zero-order valence-electron chi connectivity index (χ0n) is 21.3. The van der Waals surface area contributed by atoms with Gasteiger partial charge in [0.1, 0.15) is 11.4 Å². The van der Waals surface area contributed by atoms with E-state index in [4.69, 9.17) is 9.72 Å². The number of methoxy groups -OCH3 is 1. The molecule has 0 aliphatic rings. The van der Waals surface area contributed by atoms with Crippen LogP contribution in [0.3, 0.4) is 0 Å². The van der Waals surface area contributed by atoms with Crippen LogP contribution in [0.5, 0.6) is 5.75 Å². The summed E-state index contributed by atoms with van der Waals surface area (Å²) in [5, 5.41) is 7.13. The lowest BCUT2D eigenvalue weighted by atomic mass is 10.1. The SMILES string of the molecule is C=CC(=O)Nc1cc(Nc2nc(-c3ccn(C)c3)c3cc[nH]c3n2)c(OC)cc1N(C)CCN(C)C. The number of carbonyl (C=O) groups excluding carboxylic acids is 1. The molecule has 10 heteroatoms. The predicted octanol–water partition coefficient (Wildman–Crippen LogP) is 3.84. The van der Waals surface area contributed by atoms with Gasteiger partial charge in [-0.15, -0.1) is 0 Å². The van der Waals surface area contributed by atoms with Crippen molar-refractivity contribution in [2.24, 2.45) is 7.05 Å². The minimum absolute atomic E-state index is 0.302. The second-order valence-electron chi connectivity index (χ2n) is 8.81. The first-order valence-electron chi connectivity index (χ1n) is 11.5. The van der Waals surface area contributed by atoms with E-state index >= 15 is 0 Å². The van der Waals surface area contributed by atoms with E-state index in [0.29, 0.717) is 28.7 Å². The number of hydrogen-bond donors (Lipinski definition) is 3. The Hall–Kier alpha value is -4.31. The van der Waals surface area contributed by atoms with Gasteiger partial charge >= 0.3 is 0 Å². The smallest absolute Gasteiger partial charge is 0.247 e. The third-order valence-electron chi connectivity index (χ3n) is 5.82. The van der Waals surface area contributed by atoms with E-state index in [-0.39, 0.29) is 5.91 Å². The number of aromatic amines is 1. The number of H-pyrrole nitrogens is 1. The van der Waals surface area contributed by atoms with Crippen molar-refractivity contribution in [3.63, 3.8) is 0 Å². The summed E-state index contributed by atoms with van der Waals surface area (Å²) in [6.45, 7) is 5.18. The molecule has 0 radical (unpaired) electrons. The minimum atomic E-state index is -0.302. The van der Waals surface area contributed by atoms with Gasteiger partial charge in [-0.25, -0.2) is 4.98 Å². The van der Waals surface area contributed by atoms with Gasteiger partial charge in [0.2, 0.25) is 11.9 Å². The number of fused-ring (bicyclic) bond motifs is 1. The van der Waals surface area contributed by atoms with Crippen LogP contribution in [0, 0.1) is 0 Å². The summed E-state index contributed by atoms with van der Waals surface area (Å²) in [6.07, 6.45) is 7.08. The molecule has 1 amide bonds. The second kappa shape index (κ2) is 10.5. The predicted molar refractivity (Wildman–Crippen MR) is 145 cm³/mol. The van der Waals surface area contributed by atoms with Crippen LogP contribution in [-0.2, 0) is 11.8 Å².